The van der Waals surface area contributed by atoms with E-state index in [9.17, 15) is 4.79 Å². The smallest absolute Gasteiger partial charge is 0.231 e. The Bertz CT molecular complexity index is 675. The maximum absolute atomic E-state index is 12.7. The number of rotatable bonds is 3. The molecule has 1 spiro atoms. The minimum atomic E-state index is -0.165. The van der Waals surface area contributed by atoms with Crippen molar-refractivity contribution in [2.75, 3.05) is 20.1 Å². The average Bonchev–Trinajstić information content (AvgIpc) is 3.10. The number of thiophene rings is 1. The topological polar surface area (TPSA) is 23.6 Å². The molecule has 0 bridgehead atoms. The third-order valence-electron chi connectivity index (χ3n) is 5.48. The number of hydrogen-bond acceptors (Lipinski definition) is 3. The van der Waals surface area contributed by atoms with Crippen molar-refractivity contribution in [3.8, 4) is 0 Å². The highest BCUT2D eigenvalue weighted by atomic mass is 32.1. The molecule has 0 radical (unpaired) electrons. The lowest BCUT2D eigenvalue weighted by molar-refractivity contribution is -0.176. The van der Waals surface area contributed by atoms with Crippen LogP contribution in [0.3, 0.4) is 0 Å². The number of β-lactam (4-membered cyclic amide) rings is 1. The summed E-state index contributed by atoms with van der Waals surface area (Å²) in [6, 6.07) is 15.1. The van der Waals surface area contributed by atoms with Crippen molar-refractivity contribution in [2.45, 2.75) is 25.4 Å². The van der Waals surface area contributed by atoms with Gasteiger partial charge in [-0.25, -0.2) is 0 Å². The first-order valence-electron chi connectivity index (χ1n) is 8.28. The van der Waals surface area contributed by atoms with E-state index in [-0.39, 0.29) is 11.5 Å². The van der Waals surface area contributed by atoms with Gasteiger partial charge in [-0.05, 0) is 42.9 Å². The highest BCUT2D eigenvalue weighted by molar-refractivity contribution is 7.09. The summed E-state index contributed by atoms with van der Waals surface area (Å²) in [5.74, 6) is 0.335. The molecule has 2 aromatic rings. The van der Waals surface area contributed by atoms with E-state index in [1.807, 2.05) is 29.4 Å². The van der Waals surface area contributed by atoms with Gasteiger partial charge >= 0.3 is 0 Å². The molecule has 1 aromatic carbocycles. The van der Waals surface area contributed by atoms with Crippen LogP contribution in [-0.2, 0) is 11.3 Å². The summed E-state index contributed by atoms with van der Waals surface area (Å²) >= 11 is 1.82. The quantitative estimate of drug-likeness (QED) is 0.806. The molecular formula is C19H22N2OS. The van der Waals surface area contributed by atoms with E-state index in [0.717, 1.165) is 32.5 Å². The zero-order chi connectivity index (χ0) is 15.9. The van der Waals surface area contributed by atoms with Crippen LogP contribution in [0, 0.1) is 5.41 Å². The molecule has 3 heterocycles. The molecular weight excluding hydrogens is 304 g/mol. The molecule has 1 amide bonds. The van der Waals surface area contributed by atoms with E-state index < -0.39 is 0 Å². The average molecular weight is 326 g/mol. The predicted molar refractivity (Wildman–Crippen MR) is 93.2 cm³/mol. The van der Waals surface area contributed by atoms with E-state index >= 15 is 0 Å². The molecule has 120 valence electrons. The monoisotopic (exact) mass is 326 g/mol. The van der Waals surface area contributed by atoms with Crippen molar-refractivity contribution in [1.82, 2.24) is 9.80 Å². The van der Waals surface area contributed by atoms with Gasteiger partial charge in [0.05, 0.1) is 11.5 Å². The van der Waals surface area contributed by atoms with Crippen molar-refractivity contribution < 1.29 is 4.79 Å². The summed E-state index contributed by atoms with van der Waals surface area (Å²) in [4.78, 5) is 18.5. The van der Waals surface area contributed by atoms with Crippen LogP contribution in [-0.4, -0.2) is 35.8 Å². The molecule has 1 atom stereocenters. The molecule has 0 N–H and O–H groups in total. The molecule has 2 aliphatic rings. The highest BCUT2D eigenvalue weighted by Crippen LogP contribution is 2.55. The van der Waals surface area contributed by atoms with Gasteiger partial charge in [-0.1, -0.05) is 36.4 Å². The van der Waals surface area contributed by atoms with Gasteiger partial charge in [-0.15, -0.1) is 11.3 Å². The Morgan fingerprint density at radius 2 is 1.87 bits per heavy atom. The van der Waals surface area contributed by atoms with Crippen LogP contribution in [0.5, 0.6) is 0 Å². The van der Waals surface area contributed by atoms with Crippen LogP contribution in [0.2, 0.25) is 0 Å². The summed E-state index contributed by atoms with van der Waals surface area (Å²) in [7, 11) is 1.95. The van der Waals surface area contributed by atoms with Crippen molar-refractivity contribution in [3.63, 3.8) is 0 Å². The van der Waals surface area contributed by atoms with Crippen LogP contribution in [0.1, 0.15) is 29.3 Å². The summed E-state index contributed by atoms with van der Waals surface area (Å²) in [6.07, 6.45) is 1.95. The number of carbonyl (C=O) groups excluding carboxylic acids is 1. The van der Waals surface area contributed by atoms with Gasteiger partial charge < -0.3 is 4.90 Å². The van der Waals surface area contributed by atoms with Gasteiger partial charge in [0.15, 0.2) is 0 Å². The van der Waals surface area contributed by atoms with Crippen LogP contribution in [0.15, 0.2) is 47.8 Å². The summed E-state index contributed by atoms with van der Waals surface area (Å²) in [5, 5.41) is 2.14. The number of amides is 1. The fraction of sp³-hybridized carbons (Fsp3) is 0.421. The van der Waals surface area contributed by atoms with E-state index in [1.54, 1.807) is 0 Å². The largest absolute Gasteiger partial charge is 0.337 e. The standard InChI is InChI=1S/C19H22N2OS/c1-20-17(15-6-3-2-4-7-15)19(18(20)22)9-11-21(12-10-19)14-16-8-5-13-23-16/h2-8,13,17H,9-12,14H2,1H3/t17-/m1/s1. The Morgan fingerprint density at radius 3 is 2.52 bits per heavy atom. The fourth-order valence-corrected chi connectivity index (χ4v) is 5.03. The zero-order valence-electron chi connectivity index (χ0n) is 13.4. The van der Waals surface area contributed by atoms with Gasteiger partial charge in [0, 0.05) is 18.5 Å². The SMILES string of the molecule is CN1C(=O)C2(CCN(Cc3cccs3)CC2)[C@H]1c1ccccc1. The minimum Gasteiger partial charge on any atom is -0.337 e. The molecule has 2 aliphatic heterocycles. The van der Waals surface area contributed by atoms with Gasteiger partial charge in [0.25, 0.3) is 0 Å². The lowest BCUT2D eigenvalue weighted by Gasteiger charge is -2.58. The van der Waals surface area contributed by atoms with E-state index in [0.29, 0.717) is 5.91 Å². The molecule has 23 heavy (non-hydrogen) atoms. The number of likely N-dealkylation sites (tertiary alicyclic amines) is 2. The van der Waals surface area contributed by atoms with Crippen molar-refractivity contribution in [1.29, 1.82) is 0 Å². The maximum Gasteiger partial charge on any atom is 0.231 e. The Morgan fingerprint density at radius 1 is 1.13 bits per heavy atom. The summed E-state index contributed by atoms with van der Waals surface area (Å²) in [5.41, 5.74) is 1.11. The van der Waals surface area contributed by atoms with Crippen LogP contribution in [0.4, 0.5) is 0 Å². The second kappa shape index (κ2) is 5.77. The molecule has 4 rings (SSSR count). The highest BCUT2D eigenvalue weighted by Gasteiger charge is 2.59. The molecule has 3 nitrogen and oxygen atoms in total. The Labute approximate surface area is 141 Å². The van der Waals surface area contributed by atoms with Gasteiger partial charge in [0.1, 0.15) is 0 Å². The molecule has 2 saturated heterocycles. The predicted octanol–water partition coefficient (Wildman–Crippen LogP) is 3.54. The van der Waals surface area contributed by atoms with E-state index in [2.05, 4.69) is 46.7 Å². The second-order valence-corrected chi connectivity index (χ2v) is 7.77. The lowest BCUT2D eigenvalue weighted by Crippen LogP contribution is -2.64. The molecule has 4 heteroatoms. The first-order chi connectivity index (χ1) is 11.2. The van der Waals surface area contributed by atoms with Crippen LogP contribution in [0.25, 0.3) is 0 Å². The number of piperidine rings is 1. The number of nitrogens with zero attached hydrogens (tertiary/aromatic N) is 2. The molecule has 0 aliphatic carbocycles. The number of hydrogen-bond donors (Lipinski definition) is 0. The first-order valence-corrected chi connectivity index (χ1v) is 9.16. The first kappa shape index (κ1) is 14.9. The normalized spacial score (nSPS) is 24.0. The van der Waals surface area contributed by atoms with Gasteiger partial charge in [-0.2, -0.15) is 0 Å². The van der Waals surface area contributed by atoms with Gasteiger partial charge in [-0.3, -0.25) is 9.69 Å². The summed E-state index contributed by atoms with van der Waals surface area (Å²) < 4.78 is 0. The lowest BCUT2D eigenvalue weighted by atomic mass is 9.62. The van der Waals surface area contributed by atoms with Crippen LogP contribution < -0.4 is 0 Å². The van der Waals surface area contributed by atoms with Crippen molar-refractivity contribution in [2.24, 2.45) is 5.41 Å². The van der Waals surface area contributed by atoms with E-state index in [4.69, 9.17) is 0 Å². The fourth-order valence-electron chi connectivity index (χ4n) is 4.29. The molecule has 1 aromatic heterocycles. The Kier molecular flexibility index (Phi) is 3.74. The third kappa shape index (κ3) is 2.41. The summed E-state index contributed by atoms with van der Waals surface area (Å²) in [6.45, 7) is 3.05. The third-order valence-corrected chi connectivity index (χ3v) is 6.34. The molecule has 0 unspecified atom stereocenters. The van der Waals surface area contributed by atoms with E-state index in [1.165, 1.54) is 10.4 Å². The second-order valence-electron chi connectivity index (χ2n) is 6.74. The zero-order valence-corrected chi connectivity index (χ0v) is 14.3. The van der Waals surface area contributed by atoms with Gasteiger partial charge in [0.2, 0.25) is 5.91 Å². The van der Waals surface area contributed by atoms with Crippen molar-refractivity contribution in [3.05, 3.63) is 58.3 Å². The molecule has 0 saturated carbocycles. The number of benzene rings is 1. The van der Waals surface area contributed by atoms with Crippen molar-refractivity contribution >= 4 is 17.2 Å². The Balaban J connectivity index is 1.49. The number of carbonyl (C=O) groups is 1. The van der Waals surface area contributed by atoms with Crippen LogP contribution >= 0.6 is 11.3 Å². The maximum atomic E-state index is 12.7. The minimum absolute atomic E-state index is 0.165. The Hall–Kier alpha value is -1.65. The molecule has 2 fully saturated rings.